The lowest BCUT2D eigenvalue weighted by molar-refractivity contribution is -0.120. The number of aromatic nitrogens is 1. The molecular weight excluding hydrogens is 307 g/mol. The van der Waals surface area contributed by atoms with Crippen LogP contribution in [0.1, 0.15) is 24.6 Å². The van der Waals surface area contributed by atoms with Crippen LogP contribution in [0.5, 0.6) is 0 Å². The first kappa shape index (κ1) is 16.0. The summed E-state index contributed by atoms with van der Waals surface area (Å²) in [6.45, 7) is 2.72. The fourth-order valence-corrected chi connectivity index (χ4v) is 3.45. The van der Waals surface area contributed by atoms with Gasteiger partial charge in [-0.05, 0) is 24.1 Å². The molecule has 3 nitrogen and oxygen atoms in total. The highest BCUT2D eigenvalue weighted by molar-refractivity contribution is 8.00. The highest BCUT2D eigenvalue weighted by Gasteiger charge is 2.08. The Balaban J connectivity index is 1.82. The molecule has 1 aromatic heterocycles. The van der Waals surface area contributed by atoms with Crippen molar-refractivity contribution < 1.29 is 9.18 Å². The summed E-state index contributed by atoms with van der Waals surface area (Å²) in [4.78, 5) is 16.0. The van der Waals surface area contributed by atoms with Crippen molar-refractivity contribution in [3.05, 3.63) is 46.7 Å². The van der Waals surface area contributed by atoms with E-state index in [9.17, 15) is 9.18 Å². The average molecular weight is 324 g/mol. The summed E-state index contributed by atoms with van der Waals surface area (Å²) in [5, 5.41) is 4.75. The Morgan fingerprint density at radius 3 is 2.86 bits per heavy atom. The van der Waals surface area contributed by atoms with Crippen LogP contribution < -0.4 is 5.32 Å². The second-order valence-corrected chi connectivity index (χ2v) is 6.63. The molecule has 0 radical (unpaired) electrons. The molecular formula is C15H17FN2OS2. The lowest BCUT2D eigenvalue weighted by Crippen LogP contribution is -2.25. The minimum absolute atomic E-state index is 0.0113. The van der Waals surface area contributed by atoms with Gasteiger partial charge in [0.1, 0.15) is 10.2 Å². The van der Waals surface area contributed by atoms with E-state index in [4.69, 9.17) is 0 Å². The van der Waals surface area contributed by atoms with E-state index in [0.29, 0.717) is 13.0 Å². The minimum atomic E-state index is -0.224. The Bertz CT molecular complexity index is 584. The molecule has 0 saturated carbocycles. The van der Waals surface area contributed by atoms with Gasteiger partial charge in [-0.1, -0.05) is 30.8 Å². The fourth-order valence-electron chi connectivity index (χ4n) is 1.65. The zero-order valence-corrected chi connectivity index (χ0v) is 13.4. The molecule has 1 N–H and O–H groups in total. The number of halogens is 1. The van der Waals surface area contributed by atoms with Gasteiger partial charge in [0, 0.05) is 17.7 Å². The van der Waals surface area contributed by atoms with Gasteiger partial charge in [0.15, 0.2) is 0 Å². The molecule has 1 heterocycles. The van der Waals surface area contributed by atoms with Crippen molar-refractivity contribution in [3.8, 4) is 0 Å². The van der Waals surface area contributed by atoms with Crippen LogP contribution in [-0.4, -0.2) is 17.4 Å². The van der Waals surface area contributed by atoms with E-state index < -0.39 is 0 Å². The van der Waals surface area contributed by atoms with Gasteiger partial charge in [-0.3, -0.25) is 4.79 Å². The van der Waals surface area contributed by atoms with Crippen LogP contribution in [-0.2, 0) is 17.0 Å². The van der Waals surface area contributed by atoms with Crippen molar-refractivity contribution in [2.75, 3.05) is 6.54 Å². The number of rotatable bonds is 7. The van der Waals surface area contributed by atoms with E-state index in [1.54, 1.807) is 23.9 Å². The maximum absolute atomic E-state index is 12.8. The van der Waals surface area contributed by atoms with Crippen LogP contribution in [0.4, 0.5) is 4.39 Å². The molecule has 6 heteroatoms. The molecule has 0 atom stereocenters. The van der Waals surface area contributed by atoms with Crippen molar-refractivity contribution in [1.82, 2.24) is 10.3 Å². The minimum Gasteiger partial charge on any atom is -0.356 e. The standard InChI is InChI=1S/C15H17FN2OS2/c1-2-7-17-14(19)8-13-10-21-15(18-13)20-9-11-3-5-12(16)6-4-11/h3-6,10H,2,7-9H2,1H3,(H,17,19). The van der Waals surface area contributed by atoms with Gasteiger partial charge in [-0.2, -0.15) is 0 Å². The van der Waals surface area contributed by atoms with Crippen molar-refractivity contribution in [3.63, 3.8) is 0 Å². The number of hydrogen-bond donors (Lipinski definition) is 1. The quantitative estimate of drug-likeness (QED) is 0.791. The van der Waals surface area contributed by atoms with Crippen LogP contribution in [0.2, 0.25) is 0 Å². The normalized spacial score (nSPS) is 10.6. The maximum Gasteiger partial charge on any atom is 0.226 e. The molecule has 0 spiro atoms. The number of thiazole rings is 1. The third kappa shape index (κ3) is 5.47. The first-order valence-corrected chi connectivity index (χ1v) is 8.62. The number of amides is 1. The van der Waals surface area contributed by atoms with Gasteiger partial charge < -0.3 is 5.32 Å². The number of nitrogens with zero attached hydrogens (tertiary/aromatic N) is 1. The van der Waals surface area contributed by atoms with Crippen molar-refractivity contribution in [2.24, 2.45) is 0 Å². The molecule has 2 aromatic rings. The predicted octanol–water partition coefficient (Wildman–Crippen LogP) is 3.64. The van der Waals surface area contributed by atoms with Crippen LogP contribution in [0.3, 0.4) is 0 Å². The van der Waals surface area contributed by atoms with Gasteiger partial charge in [0.2, 0.25) is 5.91 Å². The molecule has 0 aliphatic rings. The summed E-state index contributed by atoms with van der Waals surface area (Å²) in [6.07, 6.45) is 1.26. The molecule has 0 fully saturated rings. The summed E-state index contributed by atoms with van der Waals surface area (Å²) in [6, 6.07) is 6.46. The number of hydrogen-bond acceptors (Lipinski definition) is 4. The Labute approximate surface area is 132 Å². The van der Waals surface area contributed by atoms with Crippen LogP contribution >= 0.6 is 23.1 Å². The number of thioether (sulfide) groups is 1. The Morgan fingerprint density at radius 1 is 1.38 bits per heavy atom. The highest BCUT2D eigenvalue weighted by atomic mass is 32.2. The molecule has 0 unspecified atom stereocenters. The molecule has 0 aliphatic carbocycles. The van der Waals surface area contributed by atoms with Gasteiger partial charge in [-0.25, -0.2) is 9.37 Å². The average Bonchev–Trinajstić information content (AvgIpc) is 2.92. The summed E-state index contributed by atoms with van der Waals surface area (Å²) >= 11 is 3.13. The Kier molecular flexibility index (Phi) is 6.20. The smallest absolute Gasteiger partial charge is 0.226 e. The van der Waals surface area contributed by atoms with E-state index in [-0.39, 0.29) is 11.7 Å². The second-order valence-electron chi connectivity index (χ2n) is 4.55. The number of nitrogens with one attached hydrogen (secondary N) is 1. The van der Waals surface area contributed by atoms with E-state index >= 15 is 0 Å². The summed E-state index contributed by atoms with van der Waals surface area (Å²) in [5.41, 5.74) is 1.86. The maximum atomic E-state index is 12.8. The molecule has 21 heavy (non-hydrogen) atoms. The van der Waals surface area contributed by atoms with E-state index in [0.717, 1.165) is 27.8 Å². The number of benzene rings is 1. The largest absolute Gasteiger partial charge is 0.356 e. The van der Waals surface area contributed by atoms with E-state index in [1.807, 2.05) is 12.3 Å². The highest BCUT2D eigenvalue weighted by Crippen LogP contribution is 2.26. The molecule has 0 aliphatic heterocycles. The topological polar surface area (TPSA) is 42.0 Å². The van der Waals surface area contributed by atoms with Crippen LogP contribution in [0.15, 0.2) is 34.0 Å². The van der Waals surface area contributed by atoms with E-state index in [2.05, 4.69) is 10.3 Å². The Hall–Kier alpha value is -1.40. The zero-order chi connectivity index (χ0) is 15.1. The van der Waals surface area contributed by atoms with Crippen molar-refractivity contribution in [2.45, 2.75) is 29.9 Å². The van der Waals surface area contributed by atoms with Crippen molar-refractivity contribution in [1.29, 1.82) is 0 Å². The van der Waals surface area contributed by atoms with Gasteiger partial charge in [-0.15, -0.1) is 11.3 Å². The monoisotopic (exact) mass is 324 g/mol. The Morgan fingerprint density at radius 2 is 2.14 bits per heavy atom. The zero-order valence-electron chi connectivity index (χ0n) is 11.8. The van der Waals surface area contributed by atoms with Crippen LogP contribution in [0, 0.1) is 5.82 Å². The predicted molar refractivity (Wildman–Crippen MR) is 85.1 cm³/mol. The molecule has 2 rings (SSSR count). The summed E-state index contributed by atoms with van der Waals surface area (Å²) < 4.78 is 13.7. The fraction of sp³-hybridized carbons (Fsp3) is 0.333. The molecule has 0 bridgehead atoms. The second kappa shape index (κ2) is 8.14. The van der Waals surface area contributed by atoms with Gasteiger partial charge >= 0.3 is 0 Å². The SMILES string of the molecule is CCCNC(=O)Cc1csc(SCc2ccc(F)cc2)n1. The third-order valence-electron chi connectivity index (χ3n) is 2.72. The van der Waals surface area contributed by atoms with Gasteiger partial charge in [0.25, 0.3) is 0 Å². The first-order valence-electron chi connectivity index (χ1n) is 6.75. The van der Waals surface area contributed by atoms with Crippen molar-refractivity contribution >= 4 is 29.0 Å². The van der Waals surface area contributed by atoms with Crippen LogP contribution in [0.25, 0.3) is 0 Å². The van der Waals surface area contributed by atoms with Gasteiger partial charge in [0.05, 0.1) is 12.1 Å². The molecule has 112 valence electrons. The number of carbonyl (C=O) groups is 1. The molecule has 0 saturated heterocycles. The summed E-state index contributed by atoms with van der Waals surface area (Å²) in [7, 11) is 0. The molecule has 1 aromatic carbocycles. The summed E-state index contributed by atoms with van der Waals surface area (Å²) in [5.74, 6) is 0.533. The third-order valence-corrected chi connectivity index (χ3v) is 4.86. The lowest BCUT2D eigenvalue weighted by Gasteiger charge is -2.00. The molecule has 1 amide bonds. The number of carbonyl (C=O) groups excluding carboxylic acids is 1. The van der Waals surface area contributed by atoms with E-state index in [1.165, 1.54) is 23.5 Å². The first-order chi connectivity index (χ1) is 10.2. The lowest BCUT2D eigenvalue weighted by atomic mass is 10.2.